The highest BCUT2D eigenvalue weighted by Crippen LogP contribution is 2.39. The molecule has 1 N–H and O–H groups in total. The summed E-state index contributed by atoms with van der Waals surface area (Å²) < 4.78 is 12.0. The number of likely N-dealkylation sites (N-methyl/N-ethyl adjacent to an activating group) is 1. The third-order valence-electron chi connectivity index (χ3n) is 5.61. The number of benzene rings is 2. The third-order valence-corrected chi connectivity index (χ3v) is 6.20. The van der Waals surface area contributed by atoms with Crippen LogP contribution in [-0.4, -0.2) is 47.8 Å². The maximum Gasteiger partial charge on any atom is 0.336 e. The molecule has 1 aliphatic heterocycles. The van der Waals surface area contributed by atoms with E-state index in [0.717, 1.165) is 33.4 Å². The van der Waals surface area contributed by atoms with Crippen molar-refractivity contribution in [2.24, 2.45) is 0 Å². The van der Waals surface area contributed by atoms with Crippen molar-refractivity contribution in [1.82, 2.24) is 9.88 Å². The molecule has 0 unspecified atom stereocenters. The molecule has 0 radical (unpaired) electrons. The van der Waals surface area contributed by atoms with Crippen LogP contribution in [0, 0.1) is 0 Å². The molecule has 0 amide bonds. The molecule has 4 rings (SSSR count). The number of rotatable bonds is 6. The van der Waals surface area contributed by atoms with Crippen LogP contribution in [0.1, 0.15) is 41.0 Å². The number of halogens is 1. The zero-order chi connectivity index (χ0) is 22.8. The van der Waals surface area contributed by atoms with E-state index in [-0.39, 0.29) is 0 Å². The number of hydrogen-bond donors (Lipinski definition) is 1. The topological polar surface area (TPSA) is 71.9 Å². The minimum absolute atomic E-state index is 0.334. The monoisotopic (exact) mass is 496 g/mol. The van der Waals surface area contributed by atoms with Crippen LogP contribution in [0.25, 0.3) is 22.6 Å². The Kier molecular flexibility index (Phi) is 6.48. The van der Waals surface area contributed by atoms with Crippen molar-refractivity contribution in [3.8, 4) is 11.5 Å². The first-order valence-corrected chi connectivity index (χ1v) is 11.3. The standard InChI is InChI=1S/C25H25BrN2O4/c1-4-28-13-16(10-15-11-19(26)24(31-3)21(12-15)32-5-2)23-18(14-28)22(25(29)30)17-8-6-7-9-20(17)27-23/h6-12H,4-5,13-14H2,1-3H3,(H,29,30)/b16-10+. The molecule has 0 saturated heterocycles. The number of nitrogens with zero attached hydrogens (tertiary/aromatic N) is 2. The number of pyridine rings is 1. The van der Waals surface area contributed by atoms with E-state index in [2.05, 4.69) is 33.8 Å². The second-order valence-electron chi connectivity index (χ2n) is 7.58. The summed E-state index contributed by atoms with van der Waals surface area (Å²) >= 11 is 3.58. The predicted octanol–water partition coefficient (Wildman–Crippen LogP) is 5.48. The number of carboxylic acids is 1. The Balaban J connectivity index is 1.94. The van der Waals surface area contributed by atoms with Crippen LogP contribution < -0.4 is 9.47 Å². The van der Waals surface area contributed by atoms with Crippen molar-refractivity contribution in [3.05, 3.63) is 63.3 Å². The Hall–Kier alpha value is -2.90. The molecule has 0 aliphatic carbocycles. The number of carbonyl (C=O) groups is 1. The van der Waals surface area contributed by atoms with Gasteiger partial charge in [0.15, 0.2) is 11.5 Å². The largest absolute Gasteiger partial charge is 0.492 e. The molecule has 3 aromatic rings. The minimum Gasteiger partial charge on any atom is -0.492 e. The number of ether oxygens (including phenoxy) is 2. The van der Waals surface area contributed by atoms with Gasteiger partial charge in [0.05, 0.1) is 35.0 Å². The van der Waals surface area contributed by atoms with E-state index in [9.17, 15) is 9.90 Å². The lowest BCUT2D eigenvalue weighted by atomic mass is 9.92. The average molecular weight is 497 g/mol. The summed E-state index contributed by atoms with van der Waals surface area (Å²) in [5.74, 6) is 0.366. The van der Waals surface area contributed by atoms with Crippen LogP contribution in [-0.2, 0) is 6.54 Å². The summed E-state index contributed by atoms with van der Waals surface area (Å²) in [6, 6.07) is 11.3. The zero-order valence-corrected chi connectivity index (χ0v) is 19.9. The number of fused-ring (bicyclic) bond motifs is 2. The number of carboxylic acid groups (broad SMARTS) is 1. The van der Waals surface area contributed by atoms with Gasteiger partial charge in [-0.05, 0) is 64.8 Å². The van der Waals surface area contributed by atoms with E-state index in [1.807, 2.05) is 43.3 Å². The Labute approximate surface area is 195 Å². The molecule has 6 nitrogen and oxygen atoms in total. The number of aromatic nitrogens is 1. The van der Waals surface area contributed by atoms with Gasteiger partial charge >= 0.3 is 5.97 Å². The number of hydrogen-bond acceptors (Lipinski definition) is 5. The van der Waals surface area contributed by atoms with Crippen LogP contribution in [0.3, 0.4) is 0 Å². The van der Waals surface area contributed by atoms with E-state index in [1.54, 1.807) is 7.11 Å². The van der Waals surface area contributed by atoms with E-state index in [0.29, 0.717) is 47.7 Å². The van der Waals surface area contributed by atoms with Crippen molar-refractivity contribution in [1.29, 1.82) is 0 Å². The summed E-state index contributed by atoms with van der Waals surface area (Å²) in [6.07, 6.45) is 2.06. The van der Waals surface area contributed by atoms with Gasteiger partial charge < -0.3 is 14.6 Å². The molecule has 0 atom stereocenters. The molecule has 7 heteroatoms. The van der Waals surface area contributed by atoms with Crippen molar-refractivity contribution >= 4 is 44.5 Å². The fourth-order valence-electron chi connectivity index (χ4n) is 4.18. The summed E-state index contributed by atoms with van der Waals surface area (Å²) in [6.45, 7) is 6.57. The highest BCUT2D eigenvalue weighted by molar-refractivity contribution is 9.10. The van der Waals surface area contributed by atoms with Crippen LogP contribution >= 0.6 is 15.9 Å². The average Bonchev–Trinajstić information content (AvgIpc) is 2.77. The van der Waals surface area contributed by atoms with E-state index in [4.69, 9.17) is 14.5 Å². The molecule has 0 bridgehead atoms. The number of methoxy groups -OCH3 is 1. The lowest BCUT2D eigenvalue weighted by molar-refractivity contribution is 0.0696. The molecule has 0 fully saturated rings. The smallest absolute Gasteiger partial charge is 0.336 e. The van der Waals surface area contributed by atoms with Crippen LogP contribution in [0.4, 0.5) is 0 Å². The molecule has 0 saturated carbocycles. The summed E-state index contributed by atoms with van der Waals surface area (Å²) in [4.78, 5) is 19.4. The van der Waals surface area contributed by atoms with Crippen LogP contribution in [0.2, 0.25) is 0 Å². The fraction of sp³-hybridized carbons (Fsp3) is 0.280. The first-order chi connectivity index (χ1) is 15.5. The number of aromatic carboxylic acids is 1. The van der Waals surface area contributed by atoms with Gasteiger partial charge in [-0.25, -0.2) is 9.78 Å². The number of para-hydroxylation sites is 1. The molecule has 1 aromatic heterocycles. The van der Waals surface area contributed by atoms with Crippen molar-refractivity contribution < 1.29 is 19.4 Å². The quantitative estimate of drug-likeness (QED) is 0.487. The minimum atomic E-state index is -0.928. The molecule has 166 valence electrons. The molecular formula is C25H25BrN2O4. The molecule has 1 aliphatic rings. The Bertz CT molecular complexity index is 1220. The normalized spacial score (nSPS) is 15.1. The lowest BCUT2D eigenvalue weighted by Crippen LogP contribution is -2.31. The first-order valence-electron chi connectivity index (χ1n) is 10.5. The lowest BCUT2D eigenvalue weighted by Gasteiger charge is -2.30. The van der Waals surface area contributed by atoms with Crippen molar-refractivity contribution in [2.45, 2.75) is 20.4 Å². The second-order valence-corrected chi connectivity index (χ2v) is 8.43. The van der Waals surface area contributed by atoms with Gasteiger partial charge in [0.2, 0.25) is 0 Å². The maximum atomic E-state index is 12.3. The van der Waals surface area contributed by atoms with Gasteiger partial charge in [0.25, 0.3) is 0 Å². The Morgan fingerprint density at radius 3 is 2.72 bits per heavy atom. The SMILES string of the molecule is CCOc1cc(/C=C2\CN(CC)Cc3c2nc2ccccc2c3C(=O)O)cc(Br)c1OC. The molecule has 2 heterocycles. The van der Waals surface area contributed by atoms with Crippen LogP contribution in [0.5, 0.6) is 11.5 Å². The fourth-order valence-corrected chi connectivity index (χ4v) is 4.80. The molecule has 32 heavy (non-hydrogen) atoms. The van der Waals surface area contributed by atoms with Gasteiger partial charge in [0.1, 0.15) is 0 Å². The highest BCUT2D eigenvalue weighted by Gasteiger charge is 2.28. The van der Waals surface area contributed by atoms with E-state index < -0.39 is 5.97 Å². The first kappa shape index (κ1) is 22.3. The van der Waals surface area contributed by atoms with Gasteiger partial charge in [-0.3, -0.25) is 4.90 Å². The predicted molar refractivity (Wildman–Crippen MR) is 129 cm³/mol. The summed E-state index contributed by atoms with van der Waals surface area (Å²) in [7, 11) is 1.61. The van der Waals surface area contributed by atoms with E-state index >= 15 is 0 Å². The van der Waals surface area contributed by atoms with E-state index in [1.165, 1.54) is 0 Å². The summed E-state index contributed by atoms with van der Waals surface area (Å²) in [5, 5.41) is 10.7. The van der Waals surface area contributed by atoms with Gasteiger partial charge in [0, 0.05) is 24.0 Å². The highest BCUT2D eigenvalue weighted by atomic mass is 79.9. The molecular weight excluding hydrogens is 472 g/mol. The molecule has 0 spiro atoms. The van der Waals surface area contributed by atoms with Crippen molar-refractivity contribution in [2.75, 3.05) is 26.8 Å². The summed E-state index contributed by atoms with van der Waals surface area (Å²) in [5.41, 5.74) is 4.42. The van der Waals surface area contributed by atoms with Gasteiger partial charge in [-0.2, -0.15) is 0 Å². The Morgan fingerprint density at radius 1 is 1.25 bits per heavy atom. The maximum absolute atomic E-state index is 12.3. The Morgan fingerprint density at radius 2 is 2.03 bits per heavy atom. The third kappa shape index (κ3) is 4.10. The molecule has 2 aromatic carbocycles. The van der Waals surface area contributed by atoms with Crippen molar-refractivity contribution in [3.63, 3.8) is 0 Å². The van der Waals surface area contributed by atoms with Gasteiger partial charge in [-0.15, -0.1) is 0 Å². The zero-order valence-electron chi connectivity index (χ0n) is 18.3. The van der Waals surface area contributed by atoms with Crippen LogP contribution in [0.15, 0.2) is 40.9 Å². The van der Waals surface area contributed by atoms with Gasteiger partial charge in [-0.1, -0.05) is 25.1 Å². The second kappa shape index (κ2) is 9.30.